The lowest BCUT2D eigenvalue weighted by Crippen LogP contribution is -2.54. The van der Waals surface area contributed by atoms with E-state index in [0.29, 0.717) is 11.8 Å². The quantitative estimate of drug-likeness (QED) is 0.260. The first-order valence-electron chi connectivity index (χ1n) is 11.9. The van der Waals surface area contributed by atoms with Crippen LogP contribution in [0.15, 0.2) is 91.0 Å². The molecule has 8 heteroatoms. The van der Waals surface area contributed by atoms with Crippen LogP contribution in [0.2, 0.25) is 0 Å². The third kappa shape index (κ3) is 8.24. The molecule has 0 saturated carbocycles. The smallest absolute Gasteiger partial charge is 0.290 e. The maximum atomic E-state index is 13.1. The highest BCUT2D eigenvalue weighted by Gasteiger charge is 2.29. The minimum Gasteiger partial charge on any atom is -0.344 e. The second-order valence-electron chi connectivity index (χ2n) is 8.58. The van der Waals surface area contributed by atoms with Crippen molar-refractivity contribution in [2.75, 3.05) is 0 Å². The van der Waals surface area contributed by atoms with Gasteiger partial charge in [-0.15, -0.1) is 0 Å². The van der Waals surface area contributed by atoms with E-state index in [9.17, 15) is 24.0 Å². The molecule has 0 aromatic heterocycles. The first-order valence-corrected chi connectivity index (χ1v) is 11.9. The van der Waals surface area contributed by atoms with E-state index < -0.39 is 41.6 Å². The van der Waals surface area contributed by atoms with Gasteiger partial charge in [-0.05, 0) is 36.6 Å². The molecule has 3 amide bonds. The summed E-state index contributed by atoms with van der Waals surface area (Å²) in [6.07, 6.45) is 0.980. The molecule has 3 aromatic rings. The van der Waals surface area contributed by atoms with Crippen molar-refractivity contribution in [3.8, 4) is 0 Å². The monoisotopic (exact) mass is 499 g/mol. The average molecular weight is 500 g/mol. The van der Waals surface area contributed by atoms with Gasteiger partial charge in [0.25, 0.3) is 11.8 Å². The molecule has 3 atom stereocenters. The number of benzene rings is 3. The molecule has 3 rings (SSSR count). The molecule has 0 saturated heterocycles. The van der Waals surface area contributed by atoms with Gasteiger partial charge in [0.2, 0.25) is 11.7 Å². The molecule has 0 radical (unpaired) electrons. The molecule has 3 aromatic carbocycles. The third-order valence-corrected chi connectivity index (χ3v) is 5.70. The minimum absolute atomic E-state index is 0.183. The van der Waals surface area contributed by atoms with Gasteiger partial charge in [0.1, 0.15) is 12.3 Å². The van der Waals surface area contributed by atoms with Gasteiger partial charge in [-0.3, -0.25) is 19.2 Å². The third-order valence-electron chi connectivity index (χ3n) is 5.70. The lowest BCUT2D eigenvalue weighted by molar-refractivity contribution is -0.140. The number of carbonyl (C=O) groups is 5. The van der Waals surface area contributed by atoms with Crippen molar-refractivity contribution >= 4 is 29.8 Å². The van der Waals surface area contributed by atoms with E-state index >= 15 is 0 Å². The topological polar surface area (TPSA) is 121 Å². The number of hydrogen-bond donors (Lipinski definition) is 3. The number of Topliss-reactive ketones (excluding diaryl/α,β-unsaturated/α-hetero) is 1. The summed E-state index contributed by atoms with van der Waals surface area (Å²) in [7, 11) is 0. The first-order chi connectivity index (χ1) is 17.9. The minimum atomic E-state index is -1.18. The number of hydrogen-bond acceptors (Lipinski definition) is 5. The zero-order chi connectivity index (χ0) is 26.6. The SMILES string of the molecule is CC(NC(=O)[C@H](Cc1ccccc1)NC(=O)c1ccccc1)C(=O)C(=O)N[C@H](C=O)Cc1ccccc1. The van der Waals surface area contributed by atoms with Crippen LogP contribution in [0, 0.1) is 0 Å². The highest BCUT2D eigenvalue weighted by atomic mass is 16.2. The van der Waals surface area contributed by atoms with Crippen molar-refractivity contribution in [2.45, 2.75) is 37.9 Å². The van der Waals surface area contributed by atoms with E-state index in [1.54, 1.807) is 30.3 Å². The van der Waals surface area contributed by atoms with E-state index in [1.807, 2.05) is 60.7 Å². The Morgan fingerprint density at radius 1 is 0.703 bits per heavy atom. The summed E-state index contributed by atoms with van der Waals surface area (Å²) in [6, 6.07) is 23.6. The number of aldehydes is 1. The van der Waals surface area contributed by atoms with Crippen molar-refractivity contribution < 1.29 is 24.0 Å². The number of nitrogens with one attached hydrogen (secondary N) is 3. The van der Waals surface area contributed by atoms with Gasteiger partial charge < -0.3 is 20.7 Å². The van der Waals surface area contributed by atoms with E-state index in [0.717, 1.165) is 11.1 Å². The lowest BCUT2D eigenvalue weighted by Gasteiger charge is -2.21. The Kier molecular flexibility index (Phi) is 9.84. The van der Waals surface area contributed by atoms with Gasteiger partial charge in [-0.25, -0.2) is 0 Å². The van der Waals surface area contributed by atoms with Crippen LogP contribution < -0.4 is 16.0 Å². The molecular weight excluding hydrogens is 470 g/mol. The summed E-state index contributed by atoms with van der Waals surface area (Å²) in [5.41, 5.74) is 2.02. The highest BCUT2D eigenvalue weighted by Crippen LogP contribution is 2.07. The van der Waals surface area contributed by atoms with Crippen LogP contribution in [0.5, 0.6) is 0 Å². The molecular formula is C29H29N3O5. The van der Waals surface area contributed by atoms with Crippen LogP contribution in [0.4, 0.5) is 0 Å². The van der Waals surface area contributed by atoms with Crippen LogP contribution in [-0.4, -0.2) is 47.9 Å². The molecule has 0 spiro atoms. The van der Waals surface area contributed by atoms with Crippen molar-refractivity contribution in [1.29, 1.82) is 0 Å². The van der Waals surface area contributed by atoms with Crippen LogP contribution >= 0.6 is 0 Å². The van der Waals surface area contributed by atoms with Crippen LogP contribution in [0.25, 0.3) is 0 Å². The molecule has 8 nitrogen and oxygen atoms in total. The predicted molar refractivity (Wildman–Crippen MR) is 139 cm³/mol. The van der Waals surface area contributed by atoms with Gasteiger partial charge >= 0.3 is 0 Å². The van der Waals surface area contributed by atoms with Gasteiger partial charge in [-0.1, -0.05) is 78.9 Å². The number of rotatable bonds is 12. The Morgan fingerprint density at radius 2 is 1.22 bits per heavy atom. The van der Waals surface area contributed by atoms with Crippen molar-refractivity contribution in [2.24, 2.45) is 0 Å². The van der Waals surface area contributed by atoms with E-state index in [1.165, 1.54) is 6.92 Å². The first kappa shape index (κ1) is 27.0. The Morgan fingerprint density at radius 3 is 1.76 bits per heavy atom. The van der Waals surface area contributed by atoms with E-state index in [2.05, 4.69) is 16.0 Å². The Hall–Kier alpha value is -4.59. The average Bonchev–Trinajstić information content (AvgIpc) is 2.93. The molecule has 3 N–H and O–H groups in total. The maximum Gasteiger partial charge on any atom is 0.290 e. The zero-order valence-electron chi connectivity index (χ0n) is 20.4. The van der Waals surface area contributed by atoms with E-state index in [-0.39, 0.29) is 12.8 Å². The summed E-state index contributed by atoms with van der Waals surface area (Å²) in [5, 5.41) is 7.66. The van der Waals surface area contributed by atoms with Gasteiger partial charge in [0.05, 0.1) is 12.1 Å². The molecule has 37 heavy (non-hydrogen) atoms. The fourth-order valence-corrected chi connectivity index (χ4v) is 3.71. The summed E-state index contributed by atoms with van der Waals surface area (Å²) in [4.78, 5) is 62.5. The van der Waals surface area contributed by atoms with Gasteiger partial charge in [0.15, 0.2) is 0 Å². The Bertz CT molecular complexity index is 1220. The molecule has 0 heterocycles. The highest BCUT2D eigenvalue weighted by molar-refractivity contribution is 6.38. The van der Waals surface area contributed by atoms with E-state index in [4.69, 9.17) is 0 Å². The number of ketones is 1. The summed E-state index contributed by atoms with van der Waals surface area (Å²) in [6.45, 7) is 1.38. The molecule has 0 fully saturated rings. The fraction of sp³-hybridized carbons (Fsp3) is 0.207. The number of carbonyl (C=O) groups excluding carboxylic acids is 5. The van der Waals surface area contributed by atoms with Gasteiger partial charge in [-0.2, -0.15) is 0 Å². The largest absolute Gasteiger partial charge is 0.344 e. The molecule has 0 aliphatic rings. The Balaban J connectivity index is 1.64. The fourth-order valence-electron chi connectivity index (χ4n) is 3.71. The van der Waals surface area contributed by atoms with Crippen molar-refractivity contribution in [3.05, 3.63) is 108 Å². The van der Waals surface area contributed by atoms with Crippen molar-refractivity contribution in [1.82, 2.24) is 16.0 Å². The summed E-state index contributed by atoms with van der Waals surface area (Å²) in [5.74, 6) is -2.93. The van der Waals surface area contributed by atoms with Crippen LogP contribution in [0.3, 0.4) is 0 Å². The molecule has 0 aliphatic carbocycles. The lowest BCUT2D eigenvalue weighted by atomic mass is 10.0. The van der Waals surface area contributed by atoms with Crippen molar-refractivity contribution in [3.63, 3.8) is 0 Å². The molecule has 190 valence electrons. The van der Waals surface area contributed by atoms with Gasteiger partial charge in [0, 0.05) is 12.0 Å². The summed E-state index contributed by atoms with van der Waals surface area (Å²) >= 11 is 0. The summed E-state index contributed by atoms with van der Waals surface area (Å²) < 4.78 is 0. The standard InChI is InChI=1S/C29H29N3O5/c1-20(26(34)29(37)31-24(19-33)17-21-11-5-2-6-12-21)30-28(36)25(18-22-13-7-3-8-14-22)32-27(35)23-15-9-4-10-16-23/h2-16,19-20,24-25H,17-18H2,1H3,(H,30,36)(H,31,37)(H,32,35)/t20?,24-,25-/m0/s1. The maximum absolute atomic E-state index is 13.1. The molecule has 0 aliphatic heterocycles. The molecule has 0 bridgehead atoms. The second kappa shape index (κ2) is 13.5. The Labute approximate surface area is 215 Å². The second-order valence-corrected chi connectivity index (χ2v) is 8.58. The normalized spacial score (nSPS) is 12.9. The predicted octanol–water partition coefficient (Wildman–Crippen LogP) is 2.03. The zero-order valence-corrected chi connectivity index (χ0v) is 20.4. The van der Waals surface area contributed by atoms with Crippen LogP contribution in [-0.2, 0) is 32.0 Å². The van der Waals surface area contributed by atoms with Crippen LogP contribution in [0.1, 0.15) is 28.4 Å². The molecule has 1 unspecified atom stereocenters. The number of amides is 3.